The van der Waals surface area contributed by atoms with Crippen molar-refractivity contribution in [3.8, 4) is 5.75 Å². The van der Waals surface area contributed by atoms with E-state index in [0.717, 1.165) is 52.5 Å². The maximum atomic E-state index is 12.5. The Morgan fingerprint density at radius 2 is 1.80 bits per heavy atom. The molecule has 1 fully saturated rings. The van der Waals surface area contributed by atoms with Crippen LogP contribution in [-0.2, 0) is 9.59 Å². The molecule has 188 valence electrons. The first-order valence-corrected chi connectivity index (χ1v) is 13.4. The van der Waals surface area contributed by atoms with E-state index in [0.29, 0.717) is 4.91 Å². The molecule has 2 aliphatic heterocycles. The summed E-state index contributed by atoms with van der Waals surface area (Å²) in [6.45, 7) is 8.79. The van der Waals surface area contributed by atoms with Crippen LogP contribution in [0.25, 0.3) is 0 Å². The lowest BCUT2D eigenvalue weighted by molar-refractivity contribution is -0.140. The number of carboxylic acids is 1. The van der Waals surface area contributed by atoms with Crippen LogP contribution < -0.4 is 9.64 Å². The van der Waals surface area contributed by atoms with Gasteiger partial charge in [-0.15, -0.1) is 0 Å². The number of carbonyl (C=O) groups is 2. The number of thiocarbonyl (C=S) groups is 1. The van der Waals surface area contributed by atoms with Crippen LogP contribution in [0.5, 0.6) is 5.75 Å². The highest BCUT2D eigenvalue weighted by Crippen LogP contribution is 2.41. The van der Waals surface area contributed by atoms with Crippen LogP contribution in [0.4, 0.5) is 5.69 Å². The molecular formula is C27H34N2O4S2. The zero-order valence-corrected chi connectivity index (χ0v) is 22.6. The third kappa shape index (κ3) is 6.98. The maximum Gasteiger partial charge on any atom is 0.323 e. The van der Waals surface area contributed by atoms with Gasteiger partial charge in [-0.1, -0.05) is 69.1 Å². The standard InChI is InChI=1S/C27H34N2O4S2/c1-5-6-7-8-9-10-13-28-21-15-19(3)20(4)16-22(21)33-24(28)12-11-18(2)14-23-26(32)29(17-25(30)31)27(34)35-23/h11-12,14-16H,5-10,13,17H2,1-4H3,(H,30,31)/b18-11+,23-14-,24-12+. The molecular weight excluding hydrogens is 480 g/mol. The van der Waals surface area contributed by atoms with Gasteiger partial charge in [0.05, 0.1) is 10.6 Å². The molecule has 0 atom stereocenters. The van der Waals surface area contributed by atoms with Gasteiger partial charge in [0, 0.05) is 6.54 Å². The molecule has 1 N–H and O–H groups in total. The highest BCUT2D eigenvalue weighted by Gasteiger charge is 2.33. The summed E-state index contributed by atoms with van der Waals surface area (Å²) in [5.74, 6) is 0.173. The summed E-state index contributed by atoms with van der Waals surface area (Å²) < 4.78 is 6.49. The minimum atomic E-state index is -1.09. The van der Waals surface area contributed by atoms with Gasteiger partial charge in [0.25, 0.3) is 5.91 Å². The Kier molecular flexibility index (Phi) is 9.57. The number of amides is 1. The van der Waals surface area contributed by atoms with Gasteiger partial charge in [-0.25, -0.2) is 0 Å². The second-order valence-electron chi connectivity index (χ2n) is 9.00. The Bertz CT molecular complexity index is 1090. The number of unbranched alkanes of at least 4 members (excludes halogenated alkanes) is 5. The quantitative estimate of drug-likeness (QED) is 0.206. The van der Waals surface area contributed by atoms with E-state index in [1.807, 2.05) is 19.1 Å². The first-order valence-electron chi connectivity index (χ1n) is 12.1. The van der Waals surface area contributed by atoms with Crippen molar-refractivity contribution in [2.45, 2.75) is 66.2 Å². The van der Waals surface area contributed by atoms with Crippen LogP contribution in [0.3, 0.4) is 0 Å². The van der Waals surface area contributed by atoms with Gasteiger partial charge in [-0.2, -0.15) is 0 Å². The fourth-order valence-electron chi connectivity index (χ4n) is 3.99. The summed E-state index contributed by atoms with van der Waals surface area (Å²) in [6, 6.07) is 4.27. The molecule has 0 saturated carbocycles. The topological polar surface area (TPSA) is 70.1 Å². The third-order valence-corrected chi connectivity index (χ3v) is 7.47. The Hall–Kier alpha value is -2.58. The molecule has 0 aromatic heterocycles. The zero-order valence-electron chi connectivity index (χ0n) is 20.9. The molecule has 0 aliphatic carbocycles. The molecule has 8 heteroatoms. The molecule has 1 saturated heterocycles. The predicted molar refractivity (Wildman–Crippen MR) is 147 cm³/mol. The number of aryl methyl sites for hydroxylation is 2. The van der Waals surface area contributed by atoms with Crippen LogP contribution in [0.15, 0.2) is 46.7 Å². The molecule has 0 bridgehead atoms. The molecule has 0 unspecified atom stereocenters. The Morgan fingerprint density at radius 1 is 1.11 bits per heavy atom. The number of carbonyl (C=O) groups excluding carboxylic acids is 1. The lowest BCUT2D eigenvalue weighted by Crippen LogP contribution is -2.33. The maximum absolute atomic E-state index is 12.5. The highest BCUT2D eigenvalue weighted by atomic mass is 32.2. The van der Waals surface area contributed by atoms with Crippen molar-refractivity contribution >= 4 is 45.9 Å². The van der Waals surface area contributed by atoms with Gasteiger partial charge in [0.15, 0.2) is 5.75 Å². The van der Waals surface area contributed by atoms with Crippen molar-refractivity contribution in [3.63, 3.8) is 0 Å². The fourth-order valence-corrected chi connectivity index (χ4v) is 5.29. The summed E-state index contributed by atoms with van der Waals surface area (Å²) in [5.41, 5.74) is 4.37. The Morgan fingerprint density at radius 3 is 2.51 bits per heavy atom. The minimum absolute atomic E-state index is 0.264. The molecule has 1 aromatic carbocycles. The first kappa shape index (κ1) is 27.0. The summed E-state index contributed by atoms with van der Waals surface area (Å²) in [5, 5.41) is 9.01. The molecule has 3 rings (SSSR count). The highest BCUT2D eigenvalue weighted by molar-refractivity contribution is 8.26. The van der Waals surface area contributed by atoms with Gasteiger partial charge in [0.1, 0.15) is 10.9 Å². The van der Waals surface area contributed by atoms with E-state index in [1.165, 1.54) is 43.2 Å². The first-order chi connectivity index (χ1) is 16.7. The van der Waals surface area contributed by atoms with Crippen LogP contribution >= 0.6 is 24.0 Å². The normalized spacial score (nSPS) is 18.1. The van der Waals surface area contributed by atoms with Crippen molar-refractivity contribution < 1.29 is 19.4 Å². The van der Waals surface area contributed by atoms with E-state index in [2.05, 4.69) is 37.8 Å². The number of nitrogens with zero attached hydrogens (tertiary/aromatic N) is 2. The second kappa shape index (κ2) is 12.4. The monoisotopic (exact) mass is 514 g/mol. The number of thioether (sulfide) groups is 1. The number of benzene rings is 1. The van der Waals surface area contributed by atoms with E-state index < -0.39 is 12.5 Å². The summed E-state index contributed by atoms with van der Waals surface area (Å²) in [7, 11) is 0. The van der Waals surface area contributed by atoms with Gasteiger partial charge in [-0.05, 0) is 68.2 Å². The van der Waals surface area contributed by atoms with Gasteiger partial charge in [-0.3, -0.25) is 14.5 Å². The lowest BCUT2D eigenvalue weighted by atomic mass is 10.1. The van der Waals surface area contributed by atoms with E-state index in [1.54, 1.807) is 6.08 Å². The van der Waals surface area contributed by atoms with Crippen LogP contribution in [0.2, 0.25) is 0 Å². The number of fused-ring (bicyclic) bond motifs is 1. The van der Waals surface area contributed by atoms with E-state index in [9.17, 15) is 9.59 Å². The number of allylic oxidation sites excluding steroid dienone is 4. The average molecular weight is 515 g/mol. The number of anilines is 1. The number of aliphatic carboxylic acids is 1. The van der Waals surface area contributed by atoms with E-state index >= 15 is 0 Å². The van der Waals surface area contributed by atoms with Gasteiger partial charge >= 0.3 is 5.97 Å². The molecule has 2 heterocycles. The molecule has 0 radical (unpaired) electrons. The molecule has 6 nitrogen and oxygen atoms in total. The minimum Gasteiger partial charge on any atom is -0.480 e. The van der Waals surface area contributed by atoms with Crippen molar-refractivity contribution in [2.24, 2.45) is 0 Å². The molecule has 1 amide bonds. The van der Waals surface area contributed by atoms with Crippen LogP contribution in [0.1, 0.15) is 63.5 Å². The summed E-state index contributed by atoms with van der Waals surface area (Å²) in [6.07, 6.45) is 12.9. The van der Waals surface area contributed by atoms with E-state index in [-0.39, 0.29) is 10.2 Å². The zero-order chi connectivity index (χ0) is 25.5. The molecule has 0 spiro atoms. The van der Waals surface area contributed by atoms with Crippen molar-refractivity contribution in [1.82, 2.24) is 4.90 Å². The summed E-state index contributed by atoms with van der Waals surface area (Å²) in [4.78, 5) is 27.3. The predicted octanol–water partition coefficient (Wildman–Crippen LogP) is 6.48. The number of carboxylic acid groups (broad SMARTS) is 1. The van der Waals surface area contributed by atoms with Gasteiger partial charge in [0.2, 0.25) is 5.88 Å². The van der Waals surface area contributed by atoms with Crippen molar-refractivity contribution in [2.75, 3.05) is 18.0 Å². The number of ether oxygens (including phenoxy) is 1. The number of hydrogen-bond donors (Lipinski definition) is 1. The van der Waals surface area contributed by atoms with E-state index in [4.69, 9.17) is 22.1 Å². The smallest absolute Gasteiger partial charge is 0.323 e. The molecule has 2 aliphatic rings. The van der Waals surface area contributed by atoms with Crippen molar-refractivity contribution in [3.05, 3.63) is 57.8 Å². The molecule has 35 heavy (non-hydrogen) atoms. The Labute approximate surface area is 217 Å². The number of hydrogen-bond acceptors (Lipinski definition) is 6. The average Bonchev–Trinajstić information content (AvgIpc) is 3.26. The molecule has 1 aromatic rings. The van der Waals surface area contributed by atoms with Crippen LogP contribution in [-0.4, -0.2) is 39.3 Å². The fraction of sp³-hybridized carbons (Fsp3) is 0.444. The Balaban J connectivity index is 1.76. The van der Waals surface area contributed by atoms with Crippen molar-refractivity contribution in [1.29, 1.82) is 0 Å². The number of rotatable bonds is 11. The summed E-state index contributed by atoms with van der Waals surface area (Å²) >= 11 is 6.30. The van der Waals surface area contributed by atoms with Crippen LogP contribution in [0, 0.1) is 13.8 Å². The van der Waals surface area contributed by atoms with Gasteiger partial charge < -0.3 is 14.7 Å². The lowest BCUT2D eigenvalue weighted by Gasteiger charge is -2.18. The largest absolute Gasteiger partial charge is 0.480 e. The SMILES string of the molecule is CCCCCCCCN1\C(=C/C=C(C)/C=C2\SC(=S)N(CC(=O)O)C2=O)Oc2cc(C)c(C)cc21. The second-order valence-corrected chi connectivity index (χ2v) is 10.7. The third-order valence-electron chi connectivity index (χ3n) is 6.10.